The normalized spacial score (nSPS) is 13.7. The van der Waals surface area contributed by atoms with Gasteiger partial charge in [0.2, 0.25) is 17.7 Å². The summed E-state index contributed by atoms with van der Waals surface area (Å²) < 4.78 is 0. The van der Waals surface area contributed by atoms with Crippen molar-refractivity contribution < 1.29 is 39.3 Å². The number of hydrogen-bond donors (Lipinski definition) is 10. The van der Waals surface area contributed by atoms with Crippen molar-refractivity contribution in [3.8, 4) is 5.75 Å². The number of guanidine groups is 1. The van der Waals surface area contributed by atoms with Crippen LogP contribution in [0.3, 0.4) is 0 Å². The number of nitrogens with zero attached hydrogens (tertiary/aromatic N) is 1. The molecule has 3 amide bonds. The van der Waals surface area contributed by atoms with Crippen LogP contribution in [-0.2, 0) is 30.4 Å². The van der Waals surface area contributed by atoms with Crippen LogP contribution in [0.15, 0.2) is 29.3 Å². The maximum absolute atomic E-state index is 13.2. The Balaban J connectivity index is 3.17. The first-order valence-corrected chi connectivity index (χ1v) is 12.5. The highest BCUT2D eigenvalue weighted by atomic mass is 32.1. The van der Waals surface area contributed by atoms with E-state index in [2.05, 4.69) is 33.6 Å². The van der Waals surface area contributed by atoms with E-state index in [1.807, 2.05) is 0 Å². The molecule has 0 aliphatic rings. The largest absolute Gasteiger partial charge is 0.508 e. The number of carboxylic acid groups (broad SMARTS) is 2. The molecule has 0 aromatic heterocycles. The minimum absolute atomic E-state index is 0.00692. The third-order valence-electron chi connectivity index (χ3n) is 5.38. The number of hydrogen-bond acceptors (Lipinski definition) is 9. The number of thiol groups is 1. The van der Waals surface area contributed by atoms with Crippen LogP contribution < -0.4 is 33.2 Å². The number of carboxylic acids is 2. The molecule has 12 N–H and O–H groups in total. The Kier molecular flexibility index (Phi) is 14.1. The Morgan fingerprint density at radius 3 is 1.97 bits per heavy atom. The van der Waals surface area contributed by atoms with E-state index in [4.69, 9.17) is 22.3 Å². The second-order valence-corrected chi connectivity index (χ2v) is 8.93. The monoisotopic (exact) mass is 569 g/mol. The minimum atomic E-state index is -1.53. The highest BCUT2D eigenvalue weighted by molar-refractivity contribution is 7.80. The molecule has 0 saturated heterocycles. The molecule has 0 bridgehead atoms. The van der Waals surface area contributed by atoms with Crippen LogP contribution in [0.1, 0.15) is 31.2 Å². The number of benzene rings is 1. The summed E-state index contributed by atoms with van der Waals surface area (Å²) in [6.45, 7) is 0.155. The fourth-order valence-corrected chi connectivity index (χ4v) is 3.45. The SMILES string of the molecule is NC(N)=NCCCC(NC(=O)C(N)CS)C(=O)NC(Cc1ccc(O)cc1)C(=O)NC(CCC(=O)O)C(=O)O. The van der Waals surface area contributed by atoms with Crippen LogP contribution >= 0.6 is 12.6 Å². The van der Waals surface area contributed by atoms with Gasteiger partial charge < -0.3 is 48.5 Å². The van der Waals surface area contributed by atoms with E-state index in [0.717, 1.165) is 0 Å². The molecule has 0 fully saturated rings. The average molecular weight is 570 g/mol. The van der Waals surface area contributed by atoms with Crippen LogP contribution in [0.25, 0.3) is 0 Å². The molecule has 0 aliphatic heterocycles. The topological polar surface area (TPSA) is 273 Å². The van der Waals surface area contributed by atoms with E-state index in [1.54, 1.807) is 0 Å². The lowest BCUT2D eigenvalue weighted by atomic mass is 10.0. The molecule has 39 heavy (non-hydrogen) atoms. The number of aromatic hydroxyl groups is 1. The zero-order valence-electron chi connectivity index (χ0n) is 21.1. The lowest BCUT2D eigenvalue weighted by Gasteiger charge is -2.25. The van der Waals surface area contributed by atoms with Gasteiger partial charge in [-0.1, -0.05) is 12.1 Å². The third-order valence-corrected chi connectivity index (χ3v) is 5.78. The van der Waals surface area contributed by atoms with Crippen LogP contribution in [-0.4, -0.2) is 87.4 Å². The Labute approximate surface area is 230 Å². The molecular weight excluding hydrogens is 534 g/mol. The maximum Gasteiger partial charge on any atom is 0.326 e. The maximum atomic E-state index is 13.2. The lowest BCUT2D eigenvalue weighted by Crippen LogP contribution is -2.57. The predicted octanol–water partition coefficient (Wildman–Crippen LogP) is -2.35. The van der Waals surface area contributed by atoms with Gasteiger partial charge in [0.05, 0.1) is 6.04 Å². The molecule has 15 nitrogen and oxygen atoms in total. The van der Waals surface area contributed by atoms with Crippen molar-refractivity contribution >= 4 is 48.2 Å². The lowest BCUT2D eigenvalue weighted by molar-refractivity contribution is -0.143. The number of phenolic OH excluding ortho intramolecular Hbond substituents is 1. The van der Waals surface area contributed by atoms with Gasteiger partial charge in [-0.25, -0.2) is 4.79 Å². The second kappa shape index (κ2) is 16.7. The summed E-state index contributed by atoms with van der Waals surface area (Å²) in [6.07, 6.45) is -0.675. The van der Waals surface area contributed by atoms with Crippen molar-refractivity contribution in [3.05, 3.63) is 29.8 Å². The fourth-order valence-electron chi connectivity index (χ4n) is 3.28. The summed E-state index contributed by atoms with van der Waals surface area (Å²) in [5, 5.41) is 35.1. The molecular formula is C23H35N7O8S. The van der Waals surface area contributed by atoms with E-state index in [9.17, 15) is 34.2 Å². The van der Waals surface area contributed by atoms with Crippen LogP contribution in [0.2, 0.25) is 0 Å². The number of carbonyl (C=O) groups is 5. The molecule has 1 aromatic rings. The van der Waals surface area contributed by atoms with Crippen molar-refractivity contribution in [1.29, 1.82) is 0 Å². The molecule has 0 saturated carbocycles. The van der Waals surface area contributed by atoms with E-state index >= 15 is 0 Å². The fraction of sp³-hybridized carbons (Fsp3) is 0.478. The van der Waals surface area contributed by atoms with Gasteiger partial charge in [-0.2, -0.15) is 12.6 Å². The Morgan fingerprint density at radius 2 is 1.44 bits per heavy atom. The number of amides is 3. The van der Waals surface area contributed by atoms with E-state index in [0.29, 0.717) is 5.56 Å². The third kappa shape index (κ3) is 12.8. The number of aliphatic imine (C=N–C) groups is 1. The van der Waals surface area contributed by atoms with Crippen molar-refractivity contribution in [2.75, 3.05) is 12.3 Å². The zero-order chi connectivity index (χ0) is 29.5. The summed E-state index contributed by atoms with van der Waals surface area (Å²) in [5.74, 6) is -5.21. The number of nitrogens with two attached hydrogens (primary N) is 3. The van der Waals surface area contributed by atoms with E-state index in [1.165, 1.54) is 24.3 Å². The molecule has 0 spiro atoms. The van der Waals surface area contributed by atoms with Crippen molar-refractivity contribution in [3.63, 3.8) is 0 Å². The van der Waals surface area contributed by atoms with Gasteiger partial charge in [-0.15, -0.1) is 0 Å². The Hall–Kier alpha value is -4.05. The number of phenols is 1. The van der Waals surface area contributed by atoms with Crippen molar-refractivity contribution in [2.24, 2.45) is 22.2 Å². The zero-order valence-corrected chi connectivity index (χ0v) is 22.0. The summed E-state index contributed by atoms with van der Waals surface area (Å²) in [5.41, 5.74) is 16.8. The number of nitrogens with one attached hydrogen (secondary N) is 3. The number of aliphatic carboxylic acids is 2. The summed E-state index contributed by atoms with van der Waals surface area (Å²) in [6, 6.07) is 0.704. The van der Waals surface area contributed by atoms with Crippen LogP contribution in [0.4, 0.5) is 0 Å². The quantitative estimate of drug-likeness (QED) is 0.0410. The highest BCUT2D eigenvalue weighted by Gasteiger charge is 2.30. The highest BCUT2D eigenvalue weighted by Crippen LogP contribution is 2.12. The van der Waals surface area contributed by atoms with Crippen LogP contribution in [0, 0.1) is 0 Å². The summed E-state index contributed by atoms with van der Waals surface area (Å²) in [4.78, 5) is 65.0. The van der Waals surface area contributed by atoms with E-state index in [-0.39, 0.29) is 49.7 Å². The first-order valence-electron chi connectivity index (χ1n) is 11.9. The van der Waals surface area contributed by atoms with Gasteiger partial charge in [0.15, 0.2) is 5.96 Å². The standard InChI is InChI=1S/C23H35N7O8S/c24-14(11-39)19(34)28-15(2-1-9-27-23(25)26)20(35)30-17(10-12-3-5-13(31)6-4-12)21(36)29-16(22(37)38)7-8-18(32)33/h3-6,14-17,31,39H,1-2,7-11,24H2,(H,28,34)(H,29,36)(H,30,35)(H,32,33)(H,37,38)(H4,25,26,27). The van der Waals surface area contributed by atoms with Gasteiger partial charge in [-0.3, -0.25) is 24.2 Å². The number of rotatable bonds is 17. The Bertz CT molecular complexity index is 1030. The second-order valence-electron chi connectivity index (χ2n) is 8.56. The summed E-state index contributed by atoms with van der Waals surface area (Å²) >= 11 is 3.97. The molecule has 16 heteroatoms. The Morgan fingerprint density at radius 1 is 0.872 bits per heavy atom. The molecule has 4 unspecified atom stereocenters. The van der Waals surface area contributed by atoms with Crippen molar-refractivity contribution in [1.82, 2.24) is 16.0 Å². The first kappa shape index (κ1) is 33.0. The van der Waals surface area contributed by atoms with Gasteiger partial charge in [0.1, 0.15) is 23.9 Å². The summed E-state index contributed by atoms with van der Waals surface area (Å²) in [7, 11) is 0. The molecule has 0 radical (unpaired) electrons. The average Bonchev–Trinajstić information content (AvgIpc) is 2.87. The van der Waals surface area contributed by atoms with Gasteiger partial charge in [0.25, 0.3) is 0 Å². The molecule has 216 valence electrons. The van der Waals surface area contributed by atoms with E-state index < -0.39 is 60.2 Å². The molecule has 0 aliphatic carbocycles. The minimum Gasteiger partial charge on any atom is -0.508 e. The molecule has 1 rings (SSSR count). The molecule has 4 atom stereocenters. The van der Waals surface area contributed by atoms with Crippen molar-refractivity contribution in [2.45, 2.75) is 56.3 Å². The van der Waals surface area contributed by atoms with Crippen LogP contribution in [0.5, 0.6) is 5.75 Å². The number of carbonyl (C=O) groups excluding carboxylic acids is 3. The smallest absolute Gasteiger partial charge is 0.326 e. The van der Waals surface area contributed by atoms with Gasteiger partial charge >= 0.3 is 11.9 Å². The first-order chi connectivity index (χ1) is 18.3. The molecule has 1 aromatic carbocycles. The van der Waals surface area contributed by atoms with Gasteiger partial charge in [-0.05, 0) is 37.0 Å². The predicted molar refractivity (Wildman–Crippen MR) is 144 cm³/mol. The molecule has 0 heterocycles. The van der Waals surface area contributed by atoms with Gasteiger partial charge in [0, 0.05) is 25.1 Å².